The minimum Gasteiger partial charge on any atom is -0.433 e. The molecule has 0 bridgehead atoms. The van der Waals surface area contributed by atoms with Crippen molar-refractivity contribution in [2.75, 3.05) is 31.5 Å². The molecule has 0 spiro atoms. The van der Waals surface area contributed by atoms with Gasteiger partial charge in [-0.15, -0.1) is 11.3 Å². The van der Waals surface area contributed by atoms with Gasteiger partial charge >= 0.3 is 12.6 Å². The van der Waals surface area contributed by atoms with Gasteiger partial charge < -0.3 is 19.9 Å². The summed E-state index contributed by atoms with van der Waals surface area (Å²) in [4.78, 5) is 28.5. The van der Waals surface area contributed by atoms with Crippen LogP contribution in [0.3, 0.4) is 0 Å². The Balaban J connectivity index is 1.61. The van der Waals surface area contributed by atoms with Crippen LogP contribution in [0.2, 0.25) is 5.02 Å². The molecule has 3 rings (SSSR count). The second-order valence-corrected chi connectivity index (χ2v) is 7.42. The summed E-state index contributed by atoms with van der Waals surface area (Å²) in [6.45, 7) is -1.47. The molecule has 150 valence electrons. The number of ether oxygens (including phenoxy) is 1. The lowest BCUT2D eigenvalue weighted by atomic mass is 10.3. The summed E-state index contributed by atoms with van der Waals surface area (Å²) in [5.74, 6) is -0.493. The summed E-state index contributed by atoms with van der Waals surface area (Å²) in [6.07, 6.45) is 0.575. The molecule has 10 heteroatoms. The number of nitrogens with one attached hydrogen (secondary N) is 1. The van der Waals surface area contributed by atoms with Gasteiger partial charge in [-0.2, -0.15) is 8.78 Å². The number of alkyl halides is 2. The van der Waals surface area contributed by atoms with Crippen molar-refractivity contribution in [2.45, 2.75) is 13.0 Å². The Morgan fingerprint density at radius 2 is 1.89 bits per heavy atom. The van der Waals surface area contributed by atoms with E-state index in [9.17, 15) is 18.4 Å². The third-order valence-corrected chi connectivity index (χ3v) is 5.30. The summed E-state index contributed by atoms with van der Waals surface area (Å²) < 4.78 is 29.4. The van der Waals surface area contributed by atoms with Crippen LogP contribution in [0.4, 0.5) is 19.3 Å². The average molecular weight is 430 g/mol. The van der Waals surface area contributed by atoms with E-state index in [0.29, 0.717) is 43.3 Å². The fourth-order valence-electron chi connectivity index (χ4n) is 2.88. The highest BCUT2D eigenvalue weighted by atomic mass is 35.5. The van der Waals surface area contributed by atoms with E-state index in [1.54, 1.807) is 34.1 Å². The molecule has 1 saturated heterocycles. The summed E-state index contributed by atoms with van der Waals surface area (Å²) in [5, 5.41) is 4.83. The van der Waals surface area contributed by atoms with E-state index in [-0.39, 0.29) is 22.6 Å². The predicted molar refractivity (Wildman–Crippen MR) is 104 cm³/mol. The molecular formula is C18H18ClF2N3O3S. The van der Waals surface area contributed by atoms with Crippen LogP contribution in [0.25, 0.3) is 0 Å². The van der Waals surface area contributed by atoms with Crippen molar-refractivity contribution in [1.82, 2.24) is 9.80 Å². The van der Waals surface area contributed by atoms with Crippen LogP contribution >= 0.6 is 22.9 Å². The summed E-state index contributed by atoms with van der Waals surface area (Å²) >= 11 is 6.98. The Hall–Kier alpha value is -2.39. The van der Waals surface area contributed by atoms with Gasteiger partial charge in [-0.05, 0) is 36.1 Å². The first kappa shape index (κ1) is 20.3. The average Bonchev–Trinajstić information content (AvgIpc) is 2.95. The molecule has 0 unspecified atom stereocenters. The van der Waals surface area contributed by atoms with Gasteiger partial charge in [-0.1, -0.05) is 17.7 Å². The zero-order chi connectivity index (χ0) is 20.1. The minimum absolute atomic E-state index is 0.121. The van der Waals surface area contributed by atoms with E-state index in [1.165, 1.54) is 11.4 Å². The van der Waals surface area contributed by atoms with Crippen molar-refractivity contribution >= 4 is 40.6 Å². The van der Waals surface area contributed by atoms with E-state index < -0.39 is 6.61 Å². The van der Waals surface area contributed by atoms with Gasteiger partial charge in [0.05, 0.1) is 0 Å². The number of hydrogen-bond acceptors (Lipinski definition) is 4. The Labute approximate surface area is 169 Å². The molecule has 0 radical (unpaired) electrons. The van der Waals surface area contributed by atoms with E-state index in [4.69, 9.17) is 11.6 Å². The van der Waals surface area contributed by atoms with Gasteiger partial charge in [0, 0.05) is 36.9 Å². The molecule has 2 heterocycles. The molecule has 1 aliphatic rings. The Morgan fingerprint density at radius 1 is 1.14 bits per heavy atom. The van der Waals surface area contributed by atoms with Crippen molar-refractivity contribution in [3.8, 4) is 5.75 Å². The van der Waals surface area contributed by atoms with Crippen molar-refractivity contribution in [3.05, 3.63) is 45.6 Å². The van der Waals surface area contributed by atoms with Gasteiger partial charge in [-0.3, -0.25) is 4.79 Å². The molecule has 0 saturated carbocycles. The first-order valence-electron chi connectivity index (χ1n) is 8.57. The maximum Gasteiger partial charge on any atom is 0.387 e. The normalized spacial score (nSPS) is 14.7. The van der Waals surface area contributed by atoms with Crippen LogP contribution in [-0.2, 0) is 0 Å². The zero-order valence-electron chi connectivity index (χ0n) is 14.7. The minimum atomic E-state index is -2.99. The second kappa shape index (κ2) is 9.20. The molecule has 1 fully saturated rings. The third kappa shape index (κ3) is 5.11. The highest BCUT2D eigenvalue weighted by molar-refractivity contribution is 7.12. The van der Waals surface area contributed by atoms with Crippen molar-refractivity contribution < 1.29 is 23.1 Å². The molecule has 3 amide bonds. The Morgan fingerprint density at radius 3 is 2.64 bits per heavy atom. The number of nitrogens with zero attached hydrogens (tertiary/aromatic N) is 2. The Bertz CT molecular complexity index is 849. The highest BCUT2D eigenvalue weighted by Crippen LogP contribution is 2.28. The Kier molecular flexibility index (Phi) is 6.69. The molecule has 1 N–H and O–H groups in total. The fraction of sp³-hybridized carbons (Fsp3) is 0.333. The van der Waals surface area contributed by atoms with Gasteiger partial charge in [-0.25, -0.2) is 4.79 Å². The molecule has 0 atom stereocenters. The summed E-state index contributed by atoms with van der Waals surface area (Å²) in [5.41, 5.74) is 0.585. The smallest absolute Gasteiger partial charge is 0.387 e. The number of anilines is 1. The summed E-state index contributed by atoms with van der Waals surface area (Å²) in [6, 6.07) is 7.90. The first-order chi connectivity index (χ1) is 13.4. The summed E-state index contributed by atoms with van der Waals surface area (Å²) in [7, 11) is 0. The van der Waals surface area contributed by atoms with E-state index in [0.717, 1.165) is 11.3 Å². The van der Waals surface area contributed by atoms with Crippen molar-refractivity contribution in [2.24, 2.45) is 0 Å². The van der Waals surface area contributed by atoms with Crippen LogP contribution in [0.15, 0.2) is 35.7 Å². The largest absolute Gasteiger partial charge is 0.433 e. The molecular weight excluding hydrogens is 412 g/mol. The monoisotopic (exact) mass is 429 g/mol. The molecule has 28 heavy (non-hydrogen) atoms. The van der Waals surface area contributed by atoms with Crippen molar-refractivity contribution in [3.63, 3.8) is 0 Å². The van der Waals surface area contributed by atoms with Crippen molar-refractivity contribution in [1.29, 1.82) is 0 Å². The molecule has 2 aromatic rings. The van der Waals surface area contributed by atoms with Crippen LogP contribution in [0, 0.1) is 0 Å². The number of hydrogen-bond donors (Lipinski definition) is 1. The number of rotatable bonds is 4. The lowest BCUT2D eigenvalue weighted by Gasteiger charge is -2.22. The molecule has 0 aliphatic carbocycles. The number of thiophene rings is 1. The number of carbonyl (C=O) groups excluding carboxylic acids is 2. The van der Waals surface area contributed by atoms with Gasteiger partial charge in [0.1, 0.15) is 10.6 Å². The SMILES string of the molecule is O=C(Nc1cccc(Cl)c1)N1CCCN(C(=O)c2sccc2OC(F)F)CC1. The van der Waals surface area contributed by atoms with Crippen LogP contribution in [-0.4, -0.2) is 54.5 Å². The number of urea groups is 1. The van der Waals surface area contributed by atoms with E-state index in [1.807, 2.05) is 0 Å². The maximum absolute atomic E-state index is 12.7. The predicted octanol–water partition coefficient (Wildman–Crippen LogP) is 4.38. The first-order valence-corrected chi connectivity index (χ1v) is 9.83. The van der Waals surface area contributed by atoms with Gasteiger partial charge in [0.2, 0.25) is 0 Å². The number of halogens is 3. The molecule has 1 aliphatic heterocycles. The topological polar surface area (TPSA) is 61.9 Å². The molecule has 6 nitrogen and oxygen atoms in total. The quantitative estimate of drug-likeness (QED) is 0.784. The van der Waals surface area contributed by atoms with Gasteiger partial charge in [0.25, 0.3) is 5.91 Å². The maximum atomic E-state index is 12.7. The highest BCUT2D eigenvalue weighted by Gasteiger charge is 2.26. The number of carbonyl (C=O) groups is 2. The fourth-order valence-corrected chi connectivity index (χ4v) is 3.86. The standard InChI is InChI=1S/C18H18ClF2N3O3S/c19-12-3-1-4-13(11-12)22-18(26)24-7-2-6-23(8-9-24)16(25)15-14(5-10-28-15)27-17(20)21/h1,3-5,10-11,17H,2,6-9H2,(H,22,26). The zero-order valence-corrected chi connectivity index (χ0v) is 16.3. The lowest BCUT2D eigenvalue weighted by Crippen LogP contribution is -2.39. The second-order valence-electron chi connectivity index (χ2n) is 6.07. The molecule has 1 aromatic heterocycles. The lowest BCUT2D eigenvalue weighted by molar-refractivity contribution is -0.0499. The van der Waals surface area contributed by atoms with Crippen LogP contribution in [0.5, 0.6) is 5.75 Å². The van der Waals surface area contributed by atoms with Crippen LogP contribution < -0.4 is 10.1 Å². The third-order valence-electron chi connectivity index (χ3n) is 4.19. The van der Waals surface area contributed by atoms with E-state index >= 15 is 0 Å². The number of benzene rings is 1. The molecule has 1 aromatic carbocycles. The van der Waals surface area contributed by atoms with Gasteiger partial charge in [0.15, 0.2) is 0 Å². The van der Waals surface area contributed by atoms with E-state index in [2.05, 4.69) is 10.1 Å². The number of amides is 3. The van der Waals surface area contributed by atoms with Crippen LogP contribution in [0.1, 0.15) is 16.1 Å².